The molecule has 0 aromatic heterocycles. The number of hydrogen-bond acceptors (Lipinski definition) is 7. The van der Waals surface area contributed by atoms with E-state index in [1.807, 2.05) is 66.7 Å². The molecule has 1 aliphatic heterocycles. The number of ether oxygens (including phenoxy) is 5. The molecule has 226 valence electrons. The summed E-state index contributed by atoms with van der Waals surface area (Å²) in [7, 11) is 0. The van der Waals surface area contributed by atoms with Crippen molar-refractivity contribution in [1.82, 2.24) is 0 Å². The fourth-order valence-corrected chi connectivity index (χ4v) is 4.96. The Bertz CT molecular complexity index is 1140. The van der Waals surface area contributed by atoms with Gasteiger partial charge in [0, 0.05) is 6.61 Å². The van der Waals surface area contributed by atoms with Crippen LogP contribution in [0.2, 0.25) is 0 Å². The lowest BCUT2D eigenvalue weighted by atomic mass is 9.98. The third-order valence-corrected chi connectivity index (χ3v) is 7.33. The second-order valence-corrected chi connectivity index (χ2v) is 10.7. The summed E-state index contributed by atoms with van der Waals surface area (Å²) in [5.41, 5.74) is 2.35. The summed E-state index contributed by atoms with van der Waals surface area (Å²) in [6.45, 7) is 3.36. The molecule has 0 unspecified atom stereocenters. The molecular formula is C35H44O7. The van der Waals surface area contributed by atoms with Crippen LogP contribution in [0, 0.1) is 0 Å². The number of carbonyl (C=O) groups is 1. The second-order valence-electron chi connectivity index (χ2n) is 10.7. The third-order valence-electron chi connectivity index (χ3n) is 7.33. The molecule has 1 fully saturated rings. The molecule has 3 aromatic rings. The largest absolute Gasteiger partial charge is 0.450 e. The van der Waals surface area contributed by atoms with Crippen molar-refractivity contribution in [3.05, 3.63) is 108 Å². The molecule has 0 bridgehead atoms. The van der Waals surface area contributed by atoms with Crippen molar-refractivity contribution in [3.8, 4) is 0 Å². The monoisotopic (exact) mass is 576 g/mol. The Labute approximate surface area is 249 Å². The summed E-state index contributed by atoms with van der Waals surface area (Å²) in [6, 6.07) is 28.3. The highest BCUT2D eigenvalue weighted by molar-refractivity contribution is 5.89. The van der Waals surface area contributed by atoms with Crippen LogP contribution in [-0.2, 0) is 36.9 Å². The predicted molar refractivity (Wildman–Crippen MR) is 161 cm³/mol. The van der Waals surface area contributed by atoms with Gasteiger partial charge in [0.15, 0.2) is 12.4 Å². The molecule has 7 heteroatoms. The zero-order valence-electron chi connectivity index (χ0n) is 24.5. The van der Waals surface area contributed by atoms with Crippen molar-refractivity contribution in [2.75, 3.05) is 13.2 Å². The zero-order valence-corrected chi connectivity index (χ0v) is 24.5. The number of rotatable bonds is 17. The van der Waals surface area contributed by atoms with Crippen molar-refractivity contribution in [2.45, 2.75) is 89.4 Å². The Hall–Kier alpha value is -3.07. The van der Waals surface area contributed by atoms with E-state index in [0.29, 0.717) is 18.8 Å². The molecule has 7 nitrogen and oxygen atoms in total. The minimum Gasteiger partial charge on any atom is -0.450 e. The van der Waals surface area contributed by atoms with E-state index in [4.69, 9.17) is 23.7 Å². The Kier molecular flexibility index (Phi) is 13.5. The Morgan fingerprint density at radius 2 is 1.33 bits per heavy atom. The lowest BCUT2D eigenvalue weighted by Crippen LogP contribution is -2.61. The summed E-state index contributed by atoms with van der Waals surface area (Å²) in [5.74, 6) is -0.531. The summed E-state index contributed by atoms with van der Waals surface area (Å²) in [4.78, 5) is 13.2. The van der Waals surface area contributed by atoms with Gasteiger partial charge in [-0.05, 0) is 29.7 Å². The highest BCUT2D eigenvalue weighted by Crippen LogP contribution is 2.29. The molecule has 0 amide bonds. The first-order chi connectivity index (χ1) is 20.7. The van der Waals surface area contributed by atoms with Crippen molar-refractivity contribution in [2.24, 2.45) is 0 Å². The average Bonchev–Trinajstić information content (AvgIpc) is 3.03. The maximum absolute atomic E-state index is 13.2. The summed E-state index contributed by atoms with van der Waals surface area (Å²) in [5, 5.41) is 11.5. The van der Waals surface area contributed by atoms with Crippen molar-refractivity contribution >= 4 is 5.97 Å². The number of aliphatic hydroxyl groups excluding tert-OH is 1. The van der Waals surface area contributed by atoms with E-state index in [2.05, 4.69) is 6.92 Å². The van der Waals surface area contributed by atoms with Crippen LogP contribution in [-0.4, -0.2) is 55.0 Å². The Morgan fingerprint density at radius 1 is 0.738 bits per heavy atom. The minimum atomic E-state index is -1.12. The quantitative estimate of drug-likeness (QED) is 0.146. The van der Waals surface area contributed by atoms with Crippen LogP contribution in [0.4, 0.5) is 0 Å². The SMILES string of the molecule is CCCCCCCCO[C@@H]1O[C@H](COCc2ccccc2)[C@H](O)[C@H](OCc2ccccc2)[C@H]1OC(=O)c1ccccc1. The normalized spacial score (nSPS) is 22.1. The van der Waals surface area contributed by atoms with Gasteiger partial charge in [-0.2, -0.15) is 0 Å². The second kappa shape index (κ2) is 17.8. The maximum atomic E-state index is 13.2. The number of carbonyl (C=O) groups excluding carboxylic acids is 1. The van der Waals surface area contributed by atoms with Crippen LogP contribution in [0.15, 0.2) is 91.0 Å². The highest BCUT2D eigenvalue weighted by atomic mass is 16.7. The van der Waals surface area contributed by atoms with Crippen LogP contribution in [0.5, 0.6) is 0 Å². The lowest BCUT2D eigenvalue weighted by Gasteiger charge is -2.43. The first-order valence-electron chi connectivity index (χ1n) is 15.1. The molecular weight excluding hydrogens is 532 g/mol. The van der Waals surface area contributed by atoms with Crippen LogP contribution in [0.3, 0.4) is 0 Å². The fourth-order valence-electron chi connectivity index (χ4n) is 4.96. The highest BCUT2D eigenvalue weighted by Gasteiger charge is 2.49. The molecule has 0 spiro atoms. The Morgan fingerprint density at radius 3 is 2.00 bits per heavy atom. The van der Waals surface area contributed by atoms with Gasteiger partial charge in [-0.3, -0.25) is 0 Å². The molecule has 1 saturated heterocycles. The number of hydrogen-bond donors (Lipinski definition) is 1. The topological polar surface area (TPSA) is 83.5 Å². The van der Waals surface area contributed by atoms with Crippen molar-refractivity contribution in [3.63, 3.8) is 0 Å². The molecule has 42 heavy (non-hydrogen) atoms. The van der Waals surface area contributed by atoms with Crippen LogP contribution in [0.25, 0.3) is 0 Å². The van der Waals surface area contributed by atoms with Gasteiger partial charge < -0.3 is 28.8 Å². The molecule has 4 rings (SSSR count). The van der Waals surface area contributed by atoms with Gasteiger partial charge in [-0.1, -0.05) is 118 Å². The van der Waals surface area contributed by atoms with E-state index >= 15 is 0 Å². The van der Waals surface area contributed by atoms with Gasteiger partial charge in [-0.25, -0.2) is 4.79 Å². The number of unbranched alkanes of at least 4 members (excludes halogenated alkanes) is 5. The zero-order chi connectivity index (χ0) is 29.4. The predicted octanol–water partition coefficient (Wildman–Crippen LogP) is 6.48. The molecule has 0 aliphatic carbocycles. The third kappa shape index (κ3) is 10.0. The standard InChI is InChI=1S/C35H44O7/c1-2-3-4-5-6-16-23-39-35-33(42-34(37)29-21-14-9-15-22-29)32(40-25-28-19-12-8-13-20-28)31(36)30(41-35)26-38-24-27-17-10-7-11-18-27/h7-15,17-22,30-33,35-36H,2-6,16,23-26H2,1H3/t30-,31+,32+,33-,35-/m1/s1. The minimum absolute atomic E-state index is 0.123. The maximum Gasteiger partial charge on any atom is 0.338 e. The Balaban J connectivity index is 1.49. The van der Waals surface area contributed by atoms with Crippen LogP contribution >= 0.6 is 0 Å². The number of esters is 1. The first kappa shape index (κ1) is 31.9. The summed E-state index contributed by atoms with van der Waals surface area (Å²) in [6.07, 6.45) is 2.01. The van der Waals surface area contributed by atoms with Gasteiger partial charge in [0.1, 0.15) is 18.3 Å². The van der Waals surface area contributed by atoms with Gasteiger partial charge in [0.25, 0.3) is 0 Å². The molecule has 1 heterocycles. The van der Waals surface area contributed by atoms with Gasteiger partial charge in [0.2, 0.25) is 0 Å². The summed E-state index contributed by atoms with van der Waals surface area (Å²) < 4.78 is 30.7. The molecule has 0 saturated carbocycles. The van der Waals surface area contributed by atoms with E-state index in [1.54, 1.807) is 24.3 Å². The molecule has 1 N–H and O–H groups in total. The fraction of sp³-hybridized carbons (Fsp3) is 0.457. The van der Waals surface area contributed by atoms with E-state index in [-0.39, 0.29) is 13.2 Å². The smallest absolute Gasteiger partial charge is 0.338 e. The van der Waals surface area contributed by atoms with E-state index < -0.39 is 36.7 Å². The first-order valence-corrected chi connectivity index (χ1v) is 15.1. The molecule has 1 aliphatic rings. The molecule has 3 aromatic carbocycles. The lowest BCUT2D eigenvalue weighted by molar-refractivity contribution is -0.310. The number of aliphatic hydroxyl groups is 1. The van der Waals surface area contributed by atoms with Gasteiger partial charge in [-0.15, -0.1) is 0 Å². The van der Waals surface area contributed by atoms with Crippen molar-refractivity contribution < 1.29 is 33.6 Å². The van der Waals surface area contributed by atoms with Crippen LogP contribution in [0.1, 0.15) is 66.9 Å². The van der Waals surface area contributed by atoms with Crippen molar-refractivity contribution in [1.29, 1.82) is 0 Å². The number of benzene rings is 3. The molecule has 0 radical (unpaired) electrons. The molecule has 5 atom stereocenters. The van der Waals surface area contributed by atoms with Gasteiger partial charge in [0.05, 0.1) is 25.4 Å². The van der Waals surface area contributed by atoms with Crippen LogP contribution < -0.4 is 0 Å². The van der Waals surface area contributed by atoms with E-state index in [1.165, 1.54) is 19.3 Å². The average molecular weight is 577 g/mol. The summed E-state index contributed by atoms with van der Waals surface area (Å²) >= 11 is 0. The van der Waals surface area contributed by atoms with E-state index in [9.17, 15) is 9.90 Å². The van der Waals surface area contributed by atoms with E-state index in [0.717, 1.165) is 30.4 Å². The van der Waals surface area contributed by atoms with Gasteiger partial charge >= 0.3 is 5.97 Å².